The van der Waals surface area contributed by atoms with Crippen LogP contribution >= 0.6 is 22.9 Å². The van der Waals surface area contributed by atoms with E-state index in [2.05, 4.69) is 5.32 Å². The van der Waals surface area contributed by atoms with Gasteiger partial charge in [-0.3, -0.25) is 14.4 Å². The average molecular weight is 723 g/mol. The van der Waals surface area contributed by atoms with Crippen molar-refractivity contribution in [3.8, 4) is 11.5 Å². The normalized spacial score (nSPS) is 16.0. The SMILES string of the molecule is CCOC(=O)c1cc2cc(NC(=O)C[C@H]3O[C@H](c4cccc(OC)c4OC)c4cc(Cl)ccc4N(CC(C)(C)COC(C)=O)C3=O)ccc2s1. The van der Waals surface area contributed by atoms with Gasteiger partial charge in [-0.1, -0.05) is 37.6 Å². The van der Waals surface area contributed by atoms with E-state index in [1.807, 2.05) is 19.9 Å². The predicted octanol–water partition coefficient (Wildman–Crippen LogP) is 7.19. The molecule has 1 aliphatic heterocycles. The lowest BCUT2D eigenvalue weighted by Crippen LogP contribution is -2.46. The third-order valence-electron chi connectivity index (χ3n) is 8.02. The molecule has 264 valence electrons. The molecule has 0 saturated carbocycles. The molecule has 11 nitrogen and oxygen atoms in total. The smallest absolute Gasteiger partial charge is 0.348 e. The third kappa shape index (κ3) is 8.20. The van der Waals surface area contributed by atoms with Crippen molar-refractivity contribution in [2.75, 3.05) is 44.2 Å². The number of fused-ring (bicyclic) bond motifs is 2. The van der Waals surface area contributed by atoms with E-state index in [0.29, 0.717) is 43.9 Å². The predicted molar refractivity (Wildman–Crippen MR) is 192 cm³/mol. The number of nitrogens with one attached hydrogen (secondary N) is 1. The summed E-state index contributed by atoms with van der Waals surface area (Å²) >= 11 is 7.84. The van der Waals surface area contributed by atoms with E-state index in [1.165, 1.54) is 32.5 Å². The van der Waals surface area contributed by atoms with E-state index >= 15 is 0 Å². The number of hydrogen-bond acceptors (Lipinski definition) is 10. The summed E-state index contributed by atoms with van der Waals surface area (Å²) in [5, 5.41) is 4.06. The summed E-state index contributed by atoms with van der Waals surface area (Å²) in [5.41, 5.74) is 1.46. The Morgan fingerprint density at radius 3 is 2.48 bits per heavy atom. The average Bonchev–Trinajstić information content (AvgIpc) is 3.47. The highest BCUT2D eigenvalue weighted by atomic mass is 35.5. The van der Waals surface area contributed by atoms with Crippen LogP contribution in [0.1, 0.15) is 61.0 Å². The van der Waals surface area contributed by atoms with E-state index in [4.69, 9.17) is 35.3 Å². The molecular formula is C37H39ClN2O9S. The molecule has 13 heteroatoms. The first-order valence-corrected chi connectivity index (χ1v) is 17.1. The molecule has 0 fully saturated rings. The molecule has 0 saturated heterocycles. The van der Waals surface area contributed by atoms with Crippen LogP contribution in [0.5, 0.6) is 11.5 Å². The fourth-order valence-corrected chi connectivity index (χ4v) is 6.92. The van der Waals surface area contributed by atoms with Crippen LogP contribution in [0.4, 0.5) is 11.4 Å². The van der Waals surface area contributed by atoms with Gasteiger partial charge in [-0.2, -0.15) is 0 Å². The maximum absolute atomic E-state index is 14.5. The van der Waals surface area contributed by atoms with Crippen LogP contribution in [0.2, 0.25) is 5.02 Å². The van der Waals surface area contributed by atoms with Gasteiger partial charge in [0.05, 0.1) is 33.9 Å². The molecule has 0 radical (unpaired) electrons. The second-order valence-corrected chi connectivity index (χ2v) is 14.0. The van der Waals surface area contributed by atoms with Gasteiger partial charge in [0.25, 0.3) is 5.91 Å². The molecule has 1 aromatic heterocycles. The van der Waals surface area contributed by atoms with Gasteiger partial charge in [-0.15, -0.1) is 11.3 Å². The molecule has 0 spiro atoms. The molecule has 4 aromatic rings. The largest absolute Gasteiger partial charge is 0.493 e. The summed E-state index contributed by atoms with van der Waals surface area (Å²) in [7, 11) is 3.03. The first-order valence-electron chi connectivity index (χ1n) is 15.9. The van der Waals surface area contributed by atoms with E-state index in [-0.39, 0.29) is 26.2 Å². The van der Waals surface area contributed by atoms with Gasteiger partial charge in [0, 0.05) is 51.1 Å². The molecular weight excluding hydrogens is 684 g/mol. The Bertz CT molecular complexity index is 1920. The van der Waals surface area contributed by atoms with Crippen LogP contribution in [0, 0.1) is 5.41 Å². The first kappa shape index (κ1) is 36.6. The minimum atomic E-state index is -1.26. The number of thiophene rings is 1. The maximum atomic E-state index is 14.5. The second-order valence-electron chi connectivity index (χ2n) is 12.5. The summed E-state index contributed by atoms with van der Waals surface area (Å²) in [5.74, 6) is -0.922. The summed E-state index contributed by atoms with van der Waals surface area (Å²) < 4.78 is 29.3. The summed E-state index contributed by atoms with van der Waals surface area (Å²) in [6.07, 6.45) is -2.49. The van der Waals surface area contributed by atoms with Crippen molar-refractivity contribution in [2.24, 2.45) is 5.41 Å². The molecule has 0 bridgehead atoms. The van der Waals surface area contributed by atoms with Gasteiger partial charge < -0.3 is 33.9 Å². The van der Waals surface area contributed by atoms with Crippen molar-refractivity contribution in [2.45, 2.75) is 46.3 Å². The van der Waals surface area contributed by atoms with Gasteiger partial charge in [-0.25, -0.2) is 4.79 Å². The van der Waals surface area contributed by atoms with Gasteiger partial charge in [0.15, 0.2) is 11.5 Å². The molecule has 0 unspecified atom stereocenters. The van der Waals surface area contributed by atoms with E-state index < -0.39 is 41.4 Å². The van der Waals surface area contributed by atoms with Crippen molar-refractivity contribution >= 4 is 68.2 Å². The monoisotopic (exact) mass is 722 g/mol. The molecule has 2 heterocycles. The van der Waals surface area contributed by atoms with Crippen molar-refractivity contribution in [1.82, 2.24) is 0 Å². The highest BCUT2D eigenvalue weighted by Gasteiger charge is 2.41. The zero-order valence-corrected chi connectivity index (χ0v) is 30.2. The number of methoxy groups -OCH3 is 2. The standard InChI is InChI=1S/C37H39ClN2O9S/c1-7-47-36(44)31-16-22-15-24(12-14-30(22)50-31)39-32(42)18-29-35(43)40(19-37(3,4)20-48-21(2)41)27-13-11-23(38)17-26(27)33(49-29)25-9-8-10-28(45-5)34(25)46-6/h8-17,29,33H,7,18-20H2,1-6H3,(H,39,42)/t29-,33-/m1/s1. The molecule has 3 aromatic carbocycles. The quantitative estimate of drug-likeness (QED) is 0.151. The Morgan fingerprint density at radius 1 is 1.00 bits per heavy atom. The Balaban J connectivity index is 1.52. The topological polar surface area (TPSA) is 130 Å². The second kappa shape index (κ2) is 15.5. The molecule has 2 atom stereocenters. The number of halogens is 1. The Labute approximate surface area is 299 Å². The Kier molecular flexibility index (Phi) is 11.3. The molecule has 0 aliphatic carbocycles. The molecule has 1 N–H and O–H groups in total. The number of ether oxygens (including phenoxy) is 5. The number of amides is 2. The van der Waals surface area contributed by atoms with Crippen LogP contribution in [-0.4, -0.2) is 63.8 Å². The Hall–Kier alpha value is -4.65. The molecule has 50 heavy (non-hydrogen) atoms. The van der Waals surface area contributed by atoms with Crippen LogP contribution < -0.4 is 19.7 Å². The summed E-state index contributed by atoms with van der Waals surface area (Å²) in [6.45, 7) is 7.28. The number of esters is 2. The number of nitrogens with zero attached hydrogens (tertiary/aromatic N) is 1. The highest BCUT2D eigenvalue weighted by molar-refractivity contribution is 7.20. The van der Waals surface area contributed by atoms with Crippen LogP contribution in [0.25, 0.3) is 10.1 Å². The number of para-hydroxylation sites is 1. The van der Waals surface area contributed by atoms with E-state index in [9.17, 15) is 19.2 Å². The lowest BCUT2D eigenvalue weighted by atomic mass is 9.92. The van der Waals surface area contributed by atoms with Crippen molar-refractivity contribution in [3.63, 3.8) is 0 Å². The van der Waals surface area contributed by atoms with E-state index in [0.717, 1.165) is 10.1 Å². The number of anilines is 2. The van der Waals surface area contributed by atoms with Crippen LogP contribution in [0.3, 0.4) is 0 Å². The lowest BCUT2D eigenvalue weighted by molar-refractivity contribution is -0.144. The van der Waals surface area contributed by atoms with Crippen molar-refractivity contribution in [1.29, 1.82) is 0 Å². The number of rotatable bonds is 12. The van der Waals surface area contributed by atoms with E-state index in [1.54, 1.807) is 66.4 Å². The zero-order valence-electron chi connectivity index (χ0n) is 28.7. The number of carbonyl (C=O) groups excluding carboxylic acids is 4. The molecule has 2 amide bonds. The molecule has 1 aliphatic rings. The van der Waals surface area contributed by atoms with Gasteiger partial charge in [0.1, 0.15) is 17.1 Å². The maximum Gasteiger partial charge on any atom is 0.348 e. The van der Waals surface area contributed by atoms with Gasteiger partial charge in [-0.05, 0) is 60.8 Å². The highest BCUT2D eigenvalue weighted by Crippen LogP contribution is 2.45. The number of carbonyl (C=O) groups is 4. The fraction of sp³-hybridized carbons (Fsp3) is 0.351. The number of benzene rings is 3. The molecule has 5 rings (SSSR count). The number of hydrogen-bond donors (Lipinski definition) is 1. The van der Waals surface area contributed by atoms with Crippen LogP contribution in [-0.2, 0) is 28.6 Å². The summed E-state index contributed by atoms with van der Waals surface area (Å²) in [4.78, 5) is 54.2. The van der Waals surface area contributed by atoms with Crippen LogP contribution in [0.15, 0.2) is 60.7 Å². The lowest BCUT2D eigenvalue weighted by Gasteiger charge is -2.33. The van der Waals surface area contributed by atoms with Crippen molar-refractivity contribution in [3.05, 3.63) is 81.7 Å². The van der Waals surface area contributed by atoms with Gasteiger partial charge >= 0.3 is 11.9 Å². The Morgan fingerprint density at radius 2 is 1.78 bits per heavy atom. The third-order valence-corrected chi connectivity index (χ3v) is 9.35. The van der Waals surface area contributed by atoms with Gasteiger partial charge in [0.2, 0.25) is 5.91 Å². The summed E-state index contributed by atoms with van der Waals surface area (Å²) in [6, 6.07) is 17.5. The zero-order chi connectivity index (χ0) is 36.2. The minimum Gasteiger partial charge on any atom is -0.493 e. The van der Waals surface area contributed by atoms with Crippen molar-refractivity contribution < 1.29 is 42.9 Å². The minimum absolute atomic E-state index is 0.0527. The first-order chi connectivity index (χ1) is 23.8. The fourth-order valence-electron chi connectivity index (χ4n) is 5.80.